The fourth-order valence-electron chi connectivity index (χ4n) is 3.14. The predicted molar refractivity (Wildman–Crippen MR) is 110 cm³/mol. The Bertz CT molecular complexity index is 322. The van der Waals surface area contributed by atoms with E-state index < -0.39 is 12.1 Å². The van der Waals surface area contributed by atoms with Crippen LogP contribution in [-0.2, 0) is 14.3 Å². The first-order chi connectivity index (χ1) is 13.1. The van der Waals surface area contributed by atoms with Crippen molar-refractivity contribution in [1.29, 1.82) is 0 Å². The third kappa shape index (κ3) is 19.9. The van der Waals surface area contributed by atoms with Crippen LogP contribution < -0.4 is 0 Å². The Morgan fingerprint density at radius 2 is 1.30 bits per heavy atom. The van der Waals surface area contributed by atoms with Crippen LogP contribution in [0, 0.1) is 0 Å². The minimum absolute atomic E-state index is 0.130. The fraction of sp³-hybridized carbons (Fsp3) is 0.955. The summed E-state index contributed by atoms with van der Waals surface area (Å²) >= 11 is 0. The van der Waals surface area contributed by atoms with Crippen molar-refractivity contribution in [3.05, 3.63) is 0 Å². The lowest BCUT2D eigenvalue weighted by Crippen LogP contribution is -2.26. The molecule has 0 aliphatic heterocycles. The van der Waals surface area contributed by atoms with Gasteiger partial charge >= 0.3 is 5.97 Å². The number of unbranched alkanes of at least 4 members (excludes halogenated alkanes) is 10. The SMILES string of the molecule is CCCCCCCCC(O)COC(CCCCCCCC)COCC(=O)O. The second-order valence-corrected chi connectivity index (χ2v) is 7.63. The number of ether oxygens (including phenoxy) is 2. The molecule has 2 atom stereocenters. The lowest BCUT2D eigenvalue weighted by Gasteiger charge is -2.20. The molecule has 5 nitrogen and oxygen atoms in total. The van der Waals surface area contributed by atoms with Crippen LogP contribution in [-0.4, -0.2) is 48.2 Å². The number of carbonyl (C=O) groups is 1. The fourth-order valence-corrected chi connectivity index (χ4v) is 3.14. The van der Waals surface area contributed by atoms with E-state index in [4.69, 9.17) is 14.6 Å². The number of hydrogen-bond donors (Lipinski definition) is 2. The van der Waals surface area contributed by atoms with Gasteiger partial charge in [-0.3, -0.25) is 0 Å². The highest BCUT2D eigenvalue weighted by atomic mass is 16.5. The van der Waals surface area contributed by atoms with Gasteiger partial charge in [0.25, 0.3) is 0 Å². The molecule has 27 heavy (non-hydrogen) atoms. The van der Waals surface area contributed by atoms with Crippen molar-refractivity contribution >= 4 is 5.97 Å². The molecule has 0 aliphatic carbocycles. The van der Waals surface area contributed by atoms with Crippen molar-refractivity contribution in [2.45, 2.75) is 116 Å². The first kappa shape index (κ1) is 26.4. The number of aliphatic carboxylic acids is 1. The van der Waals surface area contributed by atoms with Crippen molar-refractivity contribution < 1.29 is 24.5 Å². The van der Waals surface area contributed by atoms with E-state index >= 15 is 0 Å². The molecule has 0 spiro atoms. The number of aliphatic hydroxyl groups excluding tert-OH is 1. The van der Waals surface area contributed by atoms with Crippen LogP contribution in [0.25, 0.3) is 0 Å². The highest BCUT2D eigenvalue weighted by molar-refractivity contribution is 5.67. The zero-order valence-electron chi connectivity index (χ0n) is 17.8. The van der Waals surface area contributed by atoms with Crippen LogP contribution in [0.4, 0.5) is 0 Å². The van der Waals surface area contributed by atoms with Gasteiger partial charge in [-0.05, 0) is 12.8 Å². The van der Waals surface area contributed by atoms with E-state index in [0.717, 1.165) is 25.7 Å². The number of carboxylic acid groups (broad SMARTS) is 1. The van der Waals surface area contributed by atoms with Gasteiger partial charge in [0.15, 0.2) is 0 Å². The van der Waals surface area contributed by atoms with Gasteiger partial charge in [0, 0.05) is 0 Å². The van der Waals surface area contributed by atoms with E-state index in [-0.39, 0.29) is 19.3 Å². The predicted octanol–water partition coefficient (Wildman–Crippen LogP) is 5.33. The quantitative estimate of drug-likeness (QED) is 0.260. The second-order valence-electron chi connectivity index (χ2n) is 7.63. The van der Waals surface area contributed by atoms with Gasteiger partial charge in [-0.1, -0.05) is 90.9 Å². The van der Waals surface area contributed by atoms with E-state index in [1.165, 1.54) is 64.2 Å². The Morgan fingerprint density at radius 1 is 0.778 bits per heavy atom. The third-order valence-electron chi connectivity index (χ3n) is 4.82. The van der Waals surface area contributed by atoms with Crippen molar-refractivity contribution in [3.63, 3.8) is 0 Å². The summed E-state index contributed by atoms with van der Waals surface area (Å²) in [4.78, 5) is 10.6. The van der Waals surface area contributed by atoms with Crippen LogP contribution in [0.2, 0.25) is 0 Å². The summed E-state index contributed by atoms with van der Waals surface area (Å²) in [5.74, 6) is -0.962. The van der Waals surface area contributed by atoms with Crippen molar-refractivity contribution in [3.8, 4) is 0 Å². The molecule has 0 radical (unpaired) electrons. The molecule has 0 aromatic carbocycles. The summed E-state index contributed by atoms with van der Waals surface area (Å²) in [6, 6.07) is 0. The normalized spacial score (nSPS) is 13.6. The van der Waals surface area contributed by atoms with Crippen LogP contribution in [0.3, 0.4) is 0 Å². The maximum Gasteiger partial charge on any atom is 0.329 e. The first-order valence-electron chi connectivity index (χ1n) is 11.2. The molecule has 162 valence electrons. The molecule has 0 fully saturated rings. The lowest BCUT2D eigenvalue weighted by atomic mass is 10.1. The maximum atomic E-state index is 10.6. The Balaban J connectivity index is 3.93. The number of aliphatic hydroxyl groups is 1. The van der Waals surface area contributed by atoms with E-state index in [0.29, 0.717) is 6.61 Å². The molecular formula is C22H44O5. The van der Waals surface area contributed by atoms with Gasteiger partial charge in [-0.25, -0.2) is 4.79 Å². The van der Waals surface area contributed by atoms with Crippen molar-refractivity contribution in [1.82, 2.24) is 0 Å². The van der Waals surface area contributed by atoms with E-state index in [1.54, 1.807) is 0 Å². The number of rotatable bonds is 21. The van der Waals surface area contributed by atoms with Gasteiger partial charge in [0.2, 0.25) is 0 Å². The first-order valence-corrected chi connectivity index (χ1v) is 11.2. The van der Waals surface area contributed by atoms with Crippen LogP contribution in [0.1, 0.15) is 104 Å². The smallest absolute Gasteiger partial charge is 0.329 e. The second kappa shape index (κ2) is 20.1. The molecule has 0 bridgehead atoms. The Labute approximate surface area is 166 Å². The number of carboxylic acids is 1. The van der Waals surface area contributed by atoms with E-state index in [1.807, 2.05) is 0 Å². The molecule has 0 rings (SSSR count). The maximum absolute atomic E-state index is 10.6. The largest absolute Gasteiger partial charge is 0.480 e. The number of hydrogen-bond acceptors (Lipinski definition) is 4. The van der Waals surface area contributed by atoms with Gasteiger partial charge in [0.1, 0.15) is 6.61 Å². The Kier molecular flexibility index (Phi) is 19.6. The highest BCUT2D eigenvalue weighted by Crippen LogP contribution is 2.13. The average Bonchev–Trinajstić information content (AvgIpc) is 2.64. The summed E-state index contributed by atoms with van der Waals surface area (Å²) < 4.78 is 11.1. The monoisotopic (exact) mass is 388 g/mol. The molecule has 0 aromatic heterocycles. The molecule has 0 saturated carbocycles. The standard InChI is InChI=1S/C22H44O5/c1-3-5-7-9-11-13-15-20(23)17-27-21(18-26-19-22(24)25)16-14-12-10-8-6-4-2/h20-21,23H,3-19H2,1-2H3,(H,24,25). The zero-order chi connectivity index (χ0) is 20.2. The highest BCUT2D eigenvalue weighted by Gasteiger charge is 2.13. The van der Waals surface area contributed by atoms with Crippen molar-refractivity contribution in [2.75, 3.05) is 19.8 Å². The minimum Gasteiger partial charge on any atom is -0.480 e. The summed E-state index contributed by atoms with van der Waals surface area (Å²) in [6.07, 6.45) is 15.6. The van der Waals surface area contributed by atoms with Gasteiger partial charge in [0.05, 0.1) is 25.4 Å². The summed E-state index contributed by atoms with van der Waals surface area (Å²) in [6.45, 7) is 4.72. The van der Waals surface area contributed by atoms with Crippen LogP contribution in [0.15, 0.2) is 0 Å². The van der Waals surface area contributed by atoms with Crippen LogP contribution >= 0.6 is 0 Å². The minimum atomic E-state index is -0.962. The molecule has 0 heterocycles. The molecule has 2 unspecified atom stereocenters. The molecule has 0 amide bonds. The van der Waals surface area contributed by atoms with Gasteiger partial charge < -0.3 is 19.7 Å². The summed E-state index contributed by atoms with van der Waals surface area (Å²) in [7, 11) is 0. The van der Waals surface area contributed by atoms with Crippen molar-refractivity contribution in [2.24, 2.45) is 0 Å². The van der Waals surface area contributed by atoms with Crippen LogP contribution in [0.5, 0.6) is 0 Å². The average molecular weight is 389 g/mol. The van der Waals surface area contributed by atoms with Gasteiger partial charge in [-0.2, -0.15) is 0 Å². The van der Waals surface area contributed by atoms with E-state index in [9.17, 15) is 9.90 Å². The Hall–Kier alpha value is -0.650. The molecule has 0 saturated heterocycles. The molecule has 0 aliphatic rings. The molecule has 0 aromatic rings. The summed E-state index contributed by atoms with van der Waals surface area (Å²) in [5.41, 5.74) is 0. The molecular weight excluding hydrogens is 344 g/mol. The van der Waals surface area contributed by atoms with Gasteiger partial charge in [-0.15, -0.1) is 0 Å². The zero-order valence-corrected chi connectivity index (χ0v) is 17.8. The lowest BCUT2D eigenvalue weighted by molar-refractivity contribution is -0.144. The molecule has 5 heteroatoms. The Morgan fingerprint density at radius 3 is 1.85 bits per heavy atom. The molecule has 2 N–H and O–H groups in total. The third-order valence-corrected chi connectivity index (χ3v) is 4.82. The van der Waals surface area contributed by atoms with E-state index in [2.05, 4.69) is 13.8 Å². The summed E-state index contributed by atoms with van der Waals surface area (Å²) in [5, 5.41) is 18.8. The topological polar surface area (TPSA) is 76.0 Å².